The zero-order chi connectivity index (χ0) is 21.3. The van der Waals surface area contributed by atoms with E-state index in [2.05, 4.69) is 6.07 Å². The smallest absolute Gasteiger partial charge is 0.338 e. The molecule has 0 spiro atoms. The molecule has 1 aliphatic rings. The van der Waals surface area contributed by atoms with Gasteiger partial charge < -0.3 is 9.14 Å². The number of ether oxygens (including phenoxy) is 1. The lowest BCUT2D eigenvalue weighted by Crippen LogP contribution is -2.30. The highest BCUT2D eigenvalue weighted by Crippen LogP contribution is 2.25. The van der Waals surface area contributed by atoms with E-state index in [9.17, 15) is 19.6 Å². The van der Waals surface area contributed by atoms with Crippen molar-refractivity contribution in [1.82, 2.24) is 9.30 Å². The minimum absolute atomic E-state index is 0.0734. The summed E-state index contributed by atoms with van der Waals surface area (Å²) in [7, 11) is 0. The summed E-state index contributed by atoms with van der Waals surface area (Å²) in [4.78, 5) is 38.8. The van der Waals surface area contributed by atoms with Crippen molar-refractivity contribution >= 4 is 23.3 Å². The van der Waals surface area contributed by atoms with Gasteiger partial charge in [-0.05, 0) is 36.8 Å². The highest BCUT2D eigenvalue weighted by Gasteiger charge is 2.35. The van der Waals surface area contributed by atoms with Gasteiger partial charge in [0, 0.05) is 24.5 Å². The fourth-order valence-corrected chi connectivity index (χ4v) is 3.58. The molecule has 30 heavy (non-hydrogen) atoms. The van der Waals surface area contributed by atoms with Crippen molar-refractivity contribution in [3.63, 3.8) is 0 Å². The first kappa shape index (κ1) is 19.4. The number of unbranched alkanes of at least 4 members (excludes halogenated alkanes) is 1. The zero-order valence-electron chi connectivity index (χ0n) is 16.4. The number of hydrogen-bond donors (Lipinski definition) is 0. The standard InChI is InChI=1S/C23H19N3O4/c1-2-3-10-26-21(27)17-8-7-15(11-18(17)22(26)28)23(29)30-14-16-13-25-9-5-4-6-20(25)19(16)12-24/h4-9,11,13H,2-3,10,14H2,1H3. The summed E-state index contributed by atoms with van der Waals surface area (Å²) in [6.07, 6.45) is 5.16. The van der Waals surface area contributed by atoms with Gasteiger partial charge in [-0.15, -0.1) is 0 Å². The number of pyridine rings is 1. The molecule has 0 radical (unpaired) electrons. The molecule has 0 atom stereocenters. The SMILES string of the molecule is CCCCN1C(=O)c2ccc(C(=O)OCc3cn4ccccc4c3C#N)cc2C1=O. The molecule has 0 N–H and O–H groups in total. The lowest BCUT2D eigenvalue weighted by Gasteiger charge is -2.12. The van der Waals surface area contributed by atoms with Crippen molar-refractivity contribution in [2.75, 3.05) is 6.54 Å². The third-order valence-corrected chi connectivity index (χ3v) is 5.17. The van der Waals surface area contributed by atoms with Crippen LogP contribution in [0.1, 0.15) is 62.0 Å². The first-order chi connectivity index (χ1) is 14.5. The molecule has 0 bridgehead atoms. The Hall–Kier alpha value is -3.92. The van der Waals surface area contributed by atoms with Gasteiger partial charge in [0.1, 0.15) is 12.7 Å². The number of hydrogen-bond acceptors (Lipinski definition) is 5. The average molecular weight is 401 g/mol. The first-order valence-electron chi connectivity index (χ1n) is 9.71. The van der Waals surface area contributed by atoms with E-state index >= 15 is 0 Å². The Balaban J connectivity index is 1.52. The summed E-state index contributed by atoms with van der Waals surface area (Å²) >= 11 is 0. The van der Waals surface area contributed by atoms with Gasteiger partial charge in [0.25, 0.3) is 11.8 Å². The summed E-state index contributed by atoms with van der Waals surface area (Å²) < 4.78 is 7.18. The topological polar surface area (TPSA) is 91.9 Å². The predicted molar refractivity (Wildman–Crippen MR) is 108 cm³/mol. The summed E-state index contributed by atoms with van der Waals surface area (Å²) in [5, 5.41) is 9.46. The van der Waals surface area contributed by atoms with Crippen molar-refractivity contribution in [3.8, 4) is 6.07 Å². The molecule has 1 aromatic carbocycles. The van der Waals surface area contributed by atoms with Crippen LogP contribution in [0.15, 0.2) is 48.8 Å². The number of rotatable bonds is 6. The van der Waals surface area contributed by atoms with Crippen molar-refractivity contribution in [2.45, 2.75) is 26.4 Å². The lowest BCUT2D eigenvalue weighted by atomic mass is 10.1. The number of aromatic nitrogens is 1. The highest BCUT2D eigenvalue weighted by atomic mass is 16.5. The number of nitriles is 1. The lowest BCUT2D eigenvalue weighted by molar-refractivity contribution is 0.0472. The average Bonchev–Trinajstić information content (AvgIpc) is 3.24. The van der Waals surface area contributed by atoms with Gasteiger partial charge >= 0.3 is 5.97 Å². The van der Waals surface area contributed by atoms with Crippen molar-refractivity contribution < 1.29 is 19.1 Å². The van der Waals surface area contributed by atoms with Crippen LogP contribution in [0.3, 0.4) is 0 Å². The van der Waals surface area contributed by atoms with Gasteiger partial charge in [0.2, 0.25) is 0 Å². The molecule has 2 aromatic heterocycles. The van der Waals surface area contributed by atoms with Crippen LogP contribution in [-0.4, -0.2) is 33.6 Å². The number of carbonyl (C=O) groups excluding carboxylic acids is 3. The number of carbonyl (C=O) groups is 3. The summed E-state index contributed by atoms with van der Waals surface area (Å²) in [6.45, 7) is 2.27. The molecule has 4 rings (SSSR count). The van der Waals surface area contributed by atoms with E-state index in [4.69, 9.17) is 4.74 Å². The van der Waals surface area contributed by atoms with Gasteiger partial charge in [-0.1, -0.05) is 19.4 Å². The number of esters is 1. The molecule has 1 aliphatic heterocycles. The van der Waals surface area contributed by atoms with E-state index in [0.29, 0.717) is 23.2 Å². The second kappa shape index (κ2) is 7.84. The first-order valence-corrected chi connectivity index (χ1v) is 9.71. The summed E-state index contributed by atoms with van der Waals surface area (Å²) in [5.41, 5.74) is 2.49. The molecule has 0 saturated heterocycles. The van der Waals surface area contributed by atoms with Crippen molar-refractivity contribution in [3.05, 3.63) is 76.6 Å². The minimum Gasteiger partial charge on any atom is -0.457 e. The number of fused-ring (bicyclic) bond motifs is 2. The molecule has 3 heterocycles. The van der Waals surface area contributed by atoms with E-state index in [-0.39, 0.29) is 29.5 Å². The van der Waals surface area contributed by atoms with Crippen LogP contribution >= 0.6 is 0 Å². The van der Waals surface area contributed by atoms with Gasteiger partial charge in [-0.3, -0.25) is 14.5 Å². The number of amides is 2. The molecule has 3 aromatic rings. The van der Waals surface area contributed by atoms with Gasteiger partial charge in [-0.25, -0.2) is 4.79 Å². The molecule has 7 heteroatoms. The van der Waals surface area contributed by atoms with E-state index in [0.717, 1.165) is 18.4 Å². The Bertz CT molecular complexity index is 1220. The van der Waals surface area contributed by atoms with Crippen LogP contribution < -0.4 is 0 Å². The van der Waals surface area contributed by atoms with Gasteiger partial charge in [-0.2, -0.15) is 5.26 Å². The number of benzene rings is 1. The molecule has 7 nitrogen and oxygen atoms in total. The van der Waals surface area contributed by atoms with Crippen LogP contribution in [-0.2, 0) is 11.3 Å². The van der Waals surface area contributed by atoms with E-state index in [1.807, 2.05) is 31.3 Å². The van der Waals surface area contributed by atoms with Crippen LogP contribution in [0.5, 0.6) is 0 Å². The van der Waals surface area contributed by atoms with Gasteiger partial charge in [0.05, 0.1) is 27.8 Å². The van der Waals surface area contributed by atoms with Crippen molar-refractivity contribution in [1.29, 1.82) is 5.26 Å². The molecule has 150 valence electrons. The van der Waals surface area contributed by atoms with Crippen LogP contribution in [0.25, 0.3) is 5.52 Å². The fraction of sp³-hybridized carbons (Fsp3) is 0.217. The van der Waals surface area contributed by atoms with Crippen molar-refractivity contribution in [2.24, 2.45) is 0 Å². The molecule has 0 unspecified atom stereocenters. The maximum Gasteiger partial charge on any atom is 0.338 e. The second-order valence-electron chi connectivity index (χ2n) is 7.09. The molecule has 0 saturated carbocycles. The normalized spacial score (nSPS) is 12.9. The largest absolute Gasteiger partial charge is 0.457 e. The number of imide groups is 1. The Morgan fingerprint density at radius 2 is 1.93 bits per heavy atom. The maximum absolute atomic E-state index is 12.6. The number of nitrogens with zero attached hydrogens (tertiary/aromatic N) is 3. The third kappa shape index (κ3) is 3.22. The third-order valence-electron chi connectivity index (χ3n) is 5.17. The Labute approximate surface area is 173 Å². The molecular weight excluding hydrogens is 382 g/mol. The van der Waals surface area contributed by atoms with E-state index in [1.54, 1.807) is 10.6 Å². The Kier molecular flexibility index (Phi) is 5.07. The van der Waals surface area contributed by atoms with Gasteiger partial charge in [0.15, 0.2) is 0 Å². The zero-order valence-corrected chi connectivity index (χ0v) is 16.4. The van der Waals surface area contributed by atoms with Crippen LogP contribution in [0, 0.1) is 11.3 Å². The van der Waals surface area contributed by atoms with Crippen LogP contribution in [0.2, 0.25) is 0 Å². The minimum atomic E-state index is -0.621. The quantitative estimate of drug-likeness (QED) is 0.465. The molecule has 2 amide bonds. The monoisotopic (exact) mass is 401 g/mol. The second-order valence-corrected chi connectivity index (χ2v) is 7.09. The summed E-state index contributed by atoms with van der Waals surface area (Å²) in [6, 6.07) is 12.0. The Morgan fingerprint density at radius 1 is 1.13 bits per heavy atom. The van der Waals surface area contributed by atoms with E-state index in [1.165, 1.54) is 23.1 Å². The highest BCUT2D eigenvalue weighted by molar-refractivity contribution is 6.21. The maximum atomic E-state index is 12.6. The predicted octanol–water partition coefficient (Wildman–Crippen LogP) is 3.56. The fourth-order valence-electron chi connectivity index (χ4n) is 3.58. The summed E-state index contributed by atoms with van der Waals surface area (Å²) in [5.74, 6) is -1.34. The van der Waals surface area contributed by atoms with E-state index < -0.39 is 5.97 Å². The Morgan fingerprint density at radius 3 is 2.70 bits per heavy atom. The molecule has 0 fully saturated rings. The molecule has 0 aliphatic carbocycles. The molecular formula is C23H19N3O4. The van der Waals surface area contributed by atoms with Crippen LogP contribution in [0.4, 0.5) is 0 Å².